The van der Waals surface area contributed by atoms with E-state index in [1.54, 1.807) is 0 Å². The van der Waals surface area contributed by atoms with E-state index in [0.29, 0.717) is 31.5 Å². The number of fused-ring (bicyclic) bond motifs is 1. The van der Waals surface area contributed by atoms with Crippen LogP contribution >= 0.6 is 22.6 Å². The Morgan fingerprint density at radius 2 is 1.96 bits per heavy atom. The topological polar surface area (TPSA) is 65.4 Å². The molecule has 0 bridgehead atoms. The van der Waals surface area contributed by atoms with Crippen LogP contribution in [0.25, 0.3) is 11.0 Å². The van der Waals surface area contributed by atoms with Gasteiger partial charge in [-0.05, 0) is 72.3 Å². The van der Waals surface area contributed by atoms with Crippen LogP contribution in [-0.4, -0.2) is 35.3 Å². The van der Waals surface area contributed by atoms with Crippen molar-refractivity contribution in [2.75, 3.05) is 25.1 Å². The molecule has 7 heteroatoms. The fourth-order valence-electron chi connectivity index (χ4n) is 2.71. The van der Waals surface area contributed by atoms with E-state index in [9.17, 15) is 4.79 Å². The van der Waals surface area contributed by atoms with Gasteiger partial charge in [-0.15, -0.1) is 0 Å². The smallest absolute Gasteiger partial charge is 0.264 e. The van der Waals surface area contributed by atoms with Gasteiger partial charge in [-0.2, -0.15) is 0 Å². The van der Waals surface area contributed by atoms with Crippen molar-refractivity contribution in [2.24, 2.45) is 0 Å². The summed E-state index contributed by atoms with van der Waals surface area (Å²) in [6.07, 6.45) is 0.843. The van der Waals surface area contributed by atoms with Gasteiger partial charge in [-0.25, -0.2) is 4.98 Å². The summed E-state index contributed by atoms with van der Waals surface area (Å²) >= 11 is 2.22. The maximum atomic E-state index is 12.3. The molecule has 1 heterocycles. The van der Waals surface area contributed by atoms with Gasteiger partial charge in [0, 0.05) is 23.3 Å². The first-order valence-electron chi connectivity index (χ1n) is 8.88. The van der Waals surface area contributed by atoms with Crippen LogP contribution in [-0.2, 0) is 16.1 Å². The third-order valence-corrected chi connectivity index (χ3v) is 4.68. The Morgan fingerprint density at radius 1 is 1.19 bits per heavy atom. The van der Waals surface area contributed by atoms with Crippen molar-refractivity contribution in [3.8, 4) is 5.75 Å². The number of nitrogens with zero attached hydrogens (tertiary/aromatic N) is 2. The molecule has 6 nitrogen and oxygen atoms in total. The first kappa shape index (κ1) is 19.6. The number of amides is 1. The molecule has 0 aliphatic rings. The molecule has 1 N–H and O–H groups in total. The minimum Gasteiger partial charge on any atom is -0.484 e. The number of para-hydroxylation sites is 2. The molecule has 0 saturated carbocycles. The molecule has 0 spiro atoms. The normalized spacial score (nSPS) is 10.9. The zero-order valence-corrected chi connectivity index (χ0v) is 17.3. The SMILES string of the molecule is CCOCCCn1c(NC(=O)COc2ccc(I)cc2)nc2ccccc21. The second kappa shape index (κ2) is 9.70. The van der Waals surface area contributed by atoms with Gasteiger partial charge in [0.2, 0.25) is 5.95 Å². The summed E-state index contributed by atoms with van der Waals surface area (Å²) < 4.78 is 14.1. The molecule has 0 fully saturated rings. The van der Waals surface area contributed by atoms with Crippen molar-refractivity contribution < 1.29 is 14.3 Å². The molecule has 0 aliphatic carbocycles. The number of hydrogen-bond donors (Lipinski definition) is 1. The minimum atomic E-state index is -0.241. The average molecular weight is 479 g/mol. The Bertz CT molecular complexity index is 893. The lowest BCUT2D eigenvalue weighted by Gasteiger charge is -2.11. The molecular formula is C20H22IN3O3. The number of carbonyl (C=O) groups excluding carboxylic acids is 1. The highest BCUT2D eigenvalue weighted by molar-refractivity contribution is 14.1. The summed E-state index contributed by atoms with van der Waals surface area (Å²) in [5, 5.41) is 2.87. The van der Waals surface area contributed by atoms with Gasteiger partial charge in [0.15, 0.2) is 6.61 Å². The molecule has 3 rings (SSSR count). The summed E-state index contributed by atoms with van der Waals surface area (Å²) in [5.74, 6) is 0.953. The molecule has 0 atom stereocenters. The maximum Gasteiger partial charge on any atom is 0.264 e. The molecule has 0 aliphatic heterocycles. The lowest BCUT2D eigenvalue weighted by molar-refractivity contribution is -0.118. The van der Waals surface area contributed by atoms with Gasteiger partial charge in [0.1, 0.15) is 5.75 Å². The number of hydrogen-bond acceptors (Lipinski definition) is 4. The van der Waals surface area contributed by atoms with E-state index in [1.165, 1.54) is 0 Å². The molecule has 0 radical (unpaired) electrons. The zero-order chi connectivity index (χ0) is 19.1. The third-order valence-electron chi connectivity index (χ3n) is 3.96. The first-order chi connectivity index (χ1) is 13.2. The zero-order valence-electron chi connectivity index (χ0n) is 15.2. The standard InChI is InChI=1S/C20H22IN3O3/c1-2-26-13-5-12-24-18-7-4-3-6-17(18)22-20(24)23-19(25)14-27-16-10-8-15(21)9-11-16/h3-4,6-11H,2,5,12-14H2,1H3,(H,22,23,25). The molecule has 142 valence electrons. The predicted molar refractivity (Wildman–Crippen MR) is 114 cm³/mol. The number of carbonyl (C=O) groups is 1. The quantitative estimate of drug-likeness (QED) is 0.371. The molecule has 0 unspecified atom stereocenters. The van der Waals surface area contributed by atoms with Crippen LogP contribution in [0.2, 0.25) is 0 Å². The molecule has 1 amide bonds. The van der Waals surface area contributed by atoms with E-state index in [1.807, 2.05) is 60.0 Å². The Morgan fingerprint density at radius 3 is 2.74 bits per heavy atom. The van der Waals surface area contributed by atoms with Crippen LogP contribution < -0.4 is 10.1 Å². The number of imidazole rings is 1. The van der Waals surface area contributed by atoms with E-state index in [-0.39, 0.29) is 12.5 Å². The van der Waals surface area contributed by atoms with Crippen LogP contribution in [0.5, 0.6) is 5.75 Å². The summed E-state index contributed by atoms with van der Waals surface area (Å²) in [6.45, 7) is 4.00. The van der Waals surface area contributed by atoms with Crippen molar-refractivity contribution in [3.63, 3.8) is 0 Å². The number of halogens is 1. The van der Waals surface area contributed by atoms with Crippen molar-refractivity contribution >= 4 is 45.5 Å². The van der Waals surface area contributed by atoms with E-state index < -0.39 is 0 Å². The lowest BCUT2D eigenvalue weighted by Crippen LogP contribution is -2.22. The molecule has 2 aromatic carbocycles. The van der Waals surface area contributed by atoms with Crippen molar-refractivity contribution in [2.45, 2.75) is 19.9 Å². The van der Waals surface area contributed by atoms with Crippen LogP contribution in [0, 0.1) is 3.57 Å². The average Bonchev–Trinajstić information content (AvgIpc) is 3.02. The van der Waals surface area contributed by atoms with Gasteiger partial charge in [-0.3, -0.25) is 10.1 Å². The highest BCUT2D eigenvalue weighted by Gasteiger charge is 2.13. The third kappa shape index (κ3) is 5.43. The summed E-state index contributed by atoms with van der Waals surface area (Å²) in [5.41, 5.74) is 1.84. The summed E-state index contributed by atoms with van der Waals surface area (Å²) in [7, 11) is 0. The van der Waals surface area contributed by atoms with Gasteiger partial charge < -0.3 is 14.0 Å². The van der Waals surface area contributed by atoms with E-state index >= 15 is 0 Å². The Hall–Kier alpha value is -2.13. The summed E-state index contributed by atoms with van der Waals surface area (Å²) in [4.78, 5) is 16.9. The fourth-order valence-corrected chi connectivity index (χ4v) is 3.07. The van der Waals surface area contributed by atoms with E-state index in [0.717, 1.165) is 21.0 Å². The Balaban J connectivity index is 1.67. The van der Waals surface area contributed by atoms with E-state index in [4.69, 9.17) is 9.47 Å². The number of aromatic nitrogens is 2. The highest BCUT2D eigenvalue weighted by atomic mass is 127. The second-order valence-electron chi connectivity index (χ2n) is 5.92. The largest absolute Gasteiger partial charge is 0.484 e. The van der Waals surface area contributed by atoms with Crippen LogP contribution in [0.15, 0.2) is 48.5 Å². The van der Waals surface area contributed by atoms with Crippen molar-refractivity contribution in [3.05, 3.63) is 52.1 Å². The molecule has 3 aromatic rings. The fraction of sp³-hybridized carbons (Fsp3) is 0.300. The van der Waals surface area contributed by atoms with Crippen LogP contribution in [0.1, 0.15) is 13.3 Å². The predicted octanol–water partition coefficient (Wildman–Crippen LogP) is 4.09. The lowest BCUT2D eigenvalue weighted by atomic mass is 10.3. The van der Waals surface area contributed by atoms with Gasteiger partial charge in [0.25, 0.3) is 5.91 Å². The van der Waals surface area contributed by atoms with Crippen LogP contribution in [0.3, 0.4) is 0 Å². The summed E-state index contributed by atoms with van der Waals surface area (Å²) in [6, 6.07) is 15.4. The highest BCUT2D eigenvalue weighted by Crippen LogP contribution is 2.20. The van der Waals surface area contributed by atoms with Gasteiger partial charge in [-0.1, -0.05) is 12.1 Å². The molecule has 1 aromatic heterocycles. The molecule has 0 saturated heterocycles. The van der Waals surface area contributed by atoms with Crippen molar-refractivity contribution in [1.82, 2.24) is 9.55 Å². The number of benzene rings is 2. The number of anilines is 1. The second-order valence-corrected chi connectivity index (χ2v) is 7.16. The van der Waals surface area contributed by atoms with Crippen molar-refractivity contribution in [1.29, 1.82) is 0 Å². The Kier molecular flexibility index (Phi) is 7.05. The minimum absolute atomic E-state index is 0.0667. The number of nitrogens with one attached hydrogen (secondary N) is 1. The number of aryl methyl sites for hydroxylation is 1. The maximum absolute atomic E-state index is 12.3. The number of ether oxygens (including phenoxy) is 2. The number of rotatable bonds is 9. The molecular weight excluding hydrogens is 457 g/mol. The monoisotopic (exact) mass is 479 g/mol. The van der Waals surface area contributed by atoms with Gasteiger partial charge in [0.05, 0.1) is 11.0 Å². The first-order valence-corrected chi connectivity index (χ1v) is 9.96. The Labute approximate surface area is 172 Å². The molecule has 27 heavy (non-hydrogen) atoms. The van der Waals surface area contributed by atoms with Gasteiger partial charge >= 0.3 is 0 Å². The van der Waals surface area contributed by atoms with E-state index in [2.05, 4.69) is 32.9 Å². The van der Waals surface area contributed by atoms with Crippen LogP contribution in [0.4, 0.5) is 5.95 Å².